The smallest absolute Gasteiger partial charge is 0.119 e. The quantitative estimate of drug-likeness (QED) is 0.731. The van der Waals surface area contributed by atoms with E-state index >= 15 is 0 Å². The Hall–Kier alpha value is -1.80. The number of benzene rings is 2. The highest BCUT2D eigenvalue weighted by Gasteiger charge is 2.03. The van der Waals surface area contributed by atoms with Crippen molar-refractivity contribution in [2.75, 3.05) is 6.61 Å². The van der Waals surface area contributed by atoms with Crippen molar-refractivity contribution in [3.63, 3.8) is 0 Å². The summed E-state index contributed by atoms with van der Waals surface area (Å²) in [5.74, 6) is 0.970. The third kappa shape index (κ3) is 5.90. The second-order valence-corrected chi connectivity index (χ2v) is 5.80. The third-order valence-corrected chi connectivity index (χ3v) is 3.73. The fraction of sp³-hybridized carbons (Fsp3) is 0.400. The van der Waals surface area contributed by atoms with E-state index in [9.17, 15) is 0 Å². The van der Waals surface area contributed by atoms with Gasteiger partial charge >= 0.3 is 0 Å². The number of ether oxygens (including phenoxy) is 1. The number of hydrogen-bond donors (Lipinski definition) is 1. The van der Waals surface area contributed by atoms with Crippen LogP contribution in [0, 0.1) is 0 Å². The van der Waals surface area contributed by atoms with Gasteiger partial charge in [0.2, 0.25) is 0 Å². The lowest BCUT2D eigenvalue weighted by atomic mass is 10.1. The van der Waals surface area contributed by atoms with Gasteiger partial charge in [-0.15, -0.1) is 0 Å². The molecule has 0 radical (unpaired) electrons. The first-order valence-electron chi connectivity index (χ1n) is 8.27. The highest BCUT2D eigenvalue weighted by Crippen LogP contribution is 2.14. The van der Waals surface area contributed by atoms with Crippen LogP contribution in [0.15, 0.2) is 54.6 Å². The summed E-state index contributed by atoms with van der Waals surface area (Å²) >= 11 is 0. The van der Waals surface area contributed by atoms with Crippen molar-refractivity contribution in [3.05, 3.63) is 65.7 Å². The number of aryl methyl sites for hydroxylation is 1. The van der Waals surface area contributed by atoms with Gasteiger partial charge < -0.3 is 10.1 Å². The van der Waals surface area contributed by atoms with E-state index in [0.717, 1.165) is 38.2 Å². The summed E-state index contributed by atoms with van der Waals surface area (Å²) in [7, 11) is 0. The zero-order valence-electron chi connectivity index (χ0n) is 13.7. The molecule has 0 saturated heterocycles. The lowest BCUT2D eigenvalue weighted by Crippen LogP contribution is -2.25. The molecule has 1 atom stereocenters. The maximum absolute atomic E-state index is 5.68. The van der Waals surface area contributed by atoms with Gasteiger partial charge in [-0.05, 0) is 49.4 Å². The molecule has 0 aliphatic rings. The minimum atomic E-state index is 0.500. The summed E-state index contributed by atoms with van der Waals surface area (Å²) in [6, 6.07) is 19.5. The first-order valence-corrected chi connectivity index (χ1v) is 8.27. The van der Waals surface area contributed by atoms with Gasteiger partial charge in [0.1, 0.15) is 5.75 Å². The Morgan fingerprint density at radius 3 is 2.55 bits per heavy atom. The summed E-state index contributed by atoms with van der Waals surface area (Å²) in [4.78, 5) is 0. The van der Waals surface area contributed by atoms with Gasteiger partial charge in [0.05, 0.1) is 6.61 Å². The molecular weight excluding hydrogens is 270 g/mol. The Labute approximate surface area is 134 Å². The third-order valence-electron chi connectivity index (χ3n) is 3.73. The summed E-state index contributed by atoms with van der Waals surface area (Å²) in [6.45, 7) is 6.05. The largest absolute Gasteiger partial charge is 0.494 e. The van der Waals surface area contributed by atoms with Crippen molar-refractivity contribution >= 4 is 0 Å². The highest BCUT2D eigenvalue weighted by molar-refractivity contribution is 5.28. The average Bonchev–Trinajstić information content (AvgIpc) is 2.57. The second kappa shape index (κ2) is 9.26. The topological polar surface area (TPSA) is 21.3 Å². The van der Waals surface area contributed by atoms with Crippen LogP contribution in [-0.4, -0.2) is 12.6 Å². The minimum Gasteiger partial charge on any atom is -0.494 e. The molecule has 1 N–H and O–H groups in total. The molecule has 0 bridgehead atoms. The van der Waals surface area contributed by atoms with Crippen LogP contribution in [0.25, 0.3) is 0 Å². The fourth-order valence-electron chi connectivity index (χ4n) is 2.39. The zero-order valence-corrected chi connectivity index (χ0v) is 13.7. The summed E-state index contributed by atoms with van der Waals surface area (Å²) in [5.41, 5.74) is 2.69. The lowest BCUT2D eigenvalue weighted by Gasteiger charge is -2.14. The molecule has 2 nitrogen and oxygen atoms in total. The van der Waals surface area contributed by atoms with Gasteiger partial charge in [-0.3, -0.25) is 0 Å². The molecule has 0 aromatic heterocycles. The molecule has 0 saturated carbocycles. The van der Waals surface area contributed by atoms with Gasteiger partial charge in [-0.25, -0.2) is 0 Å². The molecular formula is C20H27NO. The second-order valence-electron chi connectivity index (χ2n) is 5.80. The van der Waals surface area contributed by atoms with E-state index in [1.54, 1.807) is 0 Å². The van der Waals surface area contributed by atoms with Crippen molar-refractivity contribution in [2.24, 2.45) is 0 Å². The van der Waals surface area contributed by atoms with Crippen LogP contribution in [0.2, 0.25) is 0 Å². The molecule has 2 aromatic carbocycles. The van der Waals surface area contributed by atoms with E-state index in [4.69, 9.17) is 4.74 Å². The van der Waals surface area contributed by atoms with Crippen molar-refractivity contribution in [3.8, 4) is 5.75 Å². The van der Waals surface area contributed by atoms with Crippen LogP contribution >= 0.6 is 0 Å². The van der Waals surface area contributed by atoms with Crippen molar-refractivity contribution < 1.29 is 4.74 Å². The summed E-state index contributed by atoms with van der Waals surface area (Å²) in [6.07, 6.45) is 3.31. The number of rotatable bonds is 9. The molecule has 2 aromatic rings. The maximum Gasteiger partial charge on any atom is 0.119 e. The molecule has 0 aliphatic carbocycles. The maximum atomic E-state index is 5.68. The number of nitrogens with one attached hydrogen (secondary N) is 1. The number of hydrogen-bond acceptors (Lipinski definition) is 2. The van der Waals surface area contributed by atoms with Gasteiger partial charge in [0.15, 0.2) is 0 Å². The molecule has 1 unspecified atom stereocenters. The Kier molecular flexibility index (Phi) is 6.98. The summed E-state index contributed by atoms with van der Waals surface area (Å²) in [5, 5.41) is 3.60. The lowest BCUT2D eigenvalue weighted by molar-refractivity contribution is 0.317. The van der Waals surface area contributed by atoms with E-state index in [1.807, 2.05) is 6.07 Å². The van der Waals surface area contributed by atoms with Gasteiger partial charge in [-0.1, -0.05) is 49.4 Å². The predicted octanol–water partition coefficient (Wildman–Crippen LogP) is 4.59. The van der Waals surface area contributed by atoms with Crippen molar-refractivity contribution in [2.45, 2.75) is 45.7 Å². The first kappa shape index (κ1) is 16.6. The van der Waals surface area contributed by atoms with Crippen LogP contribution in [0.4, 0.5) is 0 Å². The van der Waals surface area contributed by atoms with E-state index < -0.39 is 0 Å². The molecule has 2 rings (SSSR count). The Morgan fingerprint density at radius 2 is 1.77 bits per heavy atom. The Balaban J connectivity index is 1.74. The van der Waals surface area contributed by atoms with E-state index in [1.165, 1.54) is 11.1 Å². The first-order chi connectivity index (χ1) is 10.8. The van der Waals surface area contributed by atoms with Crippen LogP contribution in [-0.2, 0) is 13.0 Å². The van der Waals surface area contributed by atoms with E-state index in [2.05, 4.69) is 67.7 Å². The molecule has 0 spiro atoms. The Morgan fingerprint density at radius 1 is 1.00 bits per heavy atom. The van der Waals surface area contributed by atoms with Gasteiger partial charge in [0.25, 0.3) is 0 Å². The van der Waals surface area contributed by atoms with Gasteiger partial charge in [-0.2, -0.15) is 0 Å². The molecule has 118 valence electrons. The minimum absolute atomic E-state index is 0.500. The average molecular weight is 297 g/mol. The van der Waals surface area contributed by atoms with Crippen LogP contribution in [0.5, 0.6) is 5.75 Å². The molecule has 0 heterocycles. The molecule has 2 heteroatoms. The van der Waals surface area contributed by atoms with E-state index in [0.29, 0.717) is 6.04 Å². The highest BCUT2D eigenvalue weighted by atomic mass is 16.5. The van der Waals surface area contributed by atoms with Gasteiger partial charge in [0, 0.05) is 12.6 Å². The van der Waals surface area contributed by atoms with Crippen molar-refractivity contribution in [1.82, 2.24) is 5.32 Å². The summed E-state index contributed by atoms with van der Waals surface area (Å²) < 4.78 is 5.68. The standard InChI is InChI=1S/C20H27NO/c1-3-14-22-20-11-7-10-19(15-20)16-21-17(2)12-13-18-8-5-4-6-9-18/h4-11,15,17,21H,3,12-14,16H2,1-2H3. The predicted molar refractivity (Wildman–Crippen MR) is 93.3 cm³/mol. The van der Waals surface area contributed by atoms with Crippen LogP contribution in [0.1, 0.15) is 37.8 Å². The van der Waals surface area contributed by atoms with Crippen LogP contribution in [0.3, 0.4) is 0 Å². The fourth-order valence-corrected chi connectivity index (χ4v) is 2.39. The molecule has 22 heavy (non-hydrogen) atoms. The molecule has 0 fully saturated rings. The molecule has 0 aliphatic heterocycles. The monoisotopic (exact) mass is 297 g/mol. The molecule has 0 amide bonds. The normalized spacial score (nSPS) is 12.1. The zero-order chi connectivity index (χ0) is 15.6. The van der Waals surface area contributed by atoms with E-state index in [-0.39, 0.29) is 0 Å². The Bertz CT molecular complexity index is 538. The van der Waals surface area contributed by atoms with Crippen molar-refractivity contribution in [1.29, 1.82) is 0 Å². The SMILES string of the molecule is CCCOc1cccc(CNC(C)CCc2ccccc2)c1. The van der Waals surface area contributed by atoms with Crippen LogP contribution < -0.4 is 10.1 Å².